The molecule has 0 saturated heterocycles. The third-order valence-electron chi connectivity index (χ3n) is 4.82. The second-order valence-electron chi connectivity index (χ2n) is 6.54. The summed E-state index contributed by atoms with van der Waals surface area (Å²) in [5.41, 5.74) is -0.793. The summed E-state index contributed by atoms with van der Waals surface area (Å²) >= 11 is 0. The molecule has 0 spiro atoms. The molecule has 0 amide bonds. The van der Waals surface area contributed by atoms with E-state index in [0.29, 0.717) is 29.1 Å². The Bertz CT molecular complexity index is 767. The fourth-order valence-electron chi connectivity index (χ4n) is 3.47. The van der Waals surface area contributed by atoms with E-state index in [-0.39, 0.29) is 6.42 Å². The van der Waals surface area contributed by atoms with Gasteiger partial charge in [-0.05, 0) is 24.5 Å². The first-order chi connectivity index (χ1) is 11.5. The molecule has 1 aromatic heterocycles. The van der Waals surface area contributed by atoms with Gasteiger partial charge >= 0.3 is 0 Å². The maximum absolute atomic E-state index is 14.5. The van der Waals surface area contributed by atoms with Crippen molar-refractivity contribution in [2.75, 3.05) is 7.11 Å². The molecule has 1 aliphatic rings. The van der Waals surface area contributed by atoms with Gasteiger partial charge in [0.05, 0.1) is 18.1 Å². The number of rotatable bonds is 6. The van der Waals surface area contributed by atoms with Crippen LogP contribution in [0, 0.1) is 5.92 Å². The van der Waals surface area contributed by atoms with Crippen molar-refractivity contribution in [3.05, 3.63) is 34.2 Å². The molecule has 1 fully saturated rings. The number of benzene rings is 1. The minimum absolute atomic E-state index is 0.332. The number of halogens is 2. The molecule has 6 heteroatoms. The number of fused-ring (bicyclic) bond motifs is 1. The molecule has 1 aromatic carbocycles. The predicted molar refractivity (Wildman–Crippen MR) is 88.6 cm³/mol. The Kier molecular flexibility index (Phi) is 4.83. The summed E-state index contributed by atoms with van der Waals surface area (Å²) in [4.78, 5) is 18.5. The minimum Gasteiger partial charge on any atom is -0.497 e. The zero-order valence-electron chi connectivity index (χ0n) is 13.8. The molecule has 1 aliphatic carbocycles. The minimum atomic E-state index is -3.21. The summed E-state index contributed by atoms with van der Waals surface area (Å²) < 4.78 is 34.0. The van der Waals surface area contributed by atoms with Gasteiger partial charge < -0.3 is 9.72 Å². The number of hydrogen-bond donors (Lipinski definition) is 1. The lowest BCUT2D eigenvalue weighted by Gasteiger charge is -2.16. The lowest BCUT2D eigenvalue weighted by atomic mass is 9.98. The molecule has 0 unspecified atom stereocenters. The number of hydrogen-bond acceptors (Lipinski definition) is 3. The van der Waals surface area contributed by atoms with E-state index in [2.05, 4.69) is 9.97 Å². The van der Waals surface area contributed by atoms with E-state index in [4.69, 9.17) is 4.74 Å². The van der Waals surface area contributed by atoms with E-state index in [9.17, 15) is 13.6 Å². The van der Waals surface area contributed by atoms with Gasteiger partial charge in [-0.15, -0.1) is 0 Å². The quantitative estimate of drug-likeness (QED) is 0.851. The number of alkyl halides is 2. The van der Waals surface area contributed by atoms with Gasteiger partial charge in [0.1, 0.15) is 5.75 Å². The third-order valence-corrected chi connectivity index (χ3v) is 4.82. The standard InChI is InChI=1S/C18H22F2N2O2/c1-24-13-8-9-14-15(11-13)22-17(23)16(21-14)18(19,20)10-4-7-12-5-2-3-6-12/h8-9,11-12H,2-7,10H2,1H3,(H,22,23). The largest absolute Gasteiger partial charge is 0.497 e. The maximum Gasteiger partial charge on any atom is 0.295 e. The molecule has 0 atom stereocenters. The van der Waals surface area contributed by atoms with Crippen LogP contribution in [-0.4, -0.2) is 17.1 Å². The summed E-state index contributed by atoms with van der Waals surface area (Å²) in [6, 6.07) is 4.78. The van der Waals surface area contributed by atoms with Crippen molar-refractivity contribution in [1.29, 1.82) is 0 Å². The van der Waals surface area contributed by atoms with E-state index in [1.807, 2.05) is 0 Å². The fourth-order valence-corrected chi connectivity index (χ4v) is 3.47. The van der Waals surface area contributed by atoms with Gasteiger partial charge in [0, 0.05) is 12.5 Å². The summed E-state index contributed by atoms with van der Waals surface area (Å²) in [6.45, 7) is 0. The zero-order chi connectivity index (χ0) is 17.2. The van der Waals surface area contributed by atoms with Gasteiger partial charge in [-0.3, -0.25) is 4.79 Å². The van der Waals surface area contributed by atoms with Crippen LogP contribution in [0.4, 0.5) is 8.78 Å². The van der Waals surface area contributed by atoms with Crippen LogP contribution in [0.5, 0.6) is 5.75 Å². The Hall–Kier alpha value is -1.98. The molecular weight excluding hydrogens is 314 g/mol. The topological polar surface area (TPSA) is 55.0 Å². The number of nitrogens with zero attached hydrogens (tertiary/aromatic N) is 1. The SMILES string of the molecule is COc1ccc2nc(C(F)(F)CCCC3CCCC3)c(=O)[nH]c2c1. The Morgan fingerprint density at radius 1 is 1.33 bits per heavy atom. The average molecular weight is 336 g/mol. The number of H-pyrrole nitrogens is 1. The molecule has 1 saturated carbocycles. The first kappa shape index (κ1) is 16.9. The lowest BCUT2D eigenvalue weighted by Crippen LogP contribution is -2.27. The van der Waals surface area contributed by atoms with Gasteiger partial charge in [0.25, 0.3) is 11.5 Å². The predicted octanol–water partition coefficient (Wildman–Crippen LogP) is 4.38. The first-order valence-corrected chi connectivity index (χ1v) is 8.46. The van der Waals surface area contributed by atoms with Crippen LogP contribution in [-0.2, 0) is 5.92 Å². The van der Waals surface area contributed by atoms with Crippen molar-refractivity contribution in [3.63, 3.8) is 0 Å². The molecule has 1 heterocycles. The van der Waals surface area contributed by atoms with E-state index in [0.717, 1.165) is 19.3 Å². The molecule has 0 bridgehead atoms. The van der Waals surface area contributed by atoms with E-state index in [1.165, 1.54) is 20.0 Å². The molecule has 0 aliphatic heterocycles. The van der Waals surface area contributed by atoms with E-state index >= 15 is 0 Å². The fraction of sp³-hybridized carbons (Fsp3) is 0.556. The zero-order valence-corrected chi connectivity index (χ0v) is 13.8. The van der Waals surface area contributed by atoms with Crippen LogP contribution in [0.1, 0.15) is 50.6 Å². The summed E-state index contributed by atoms with van der Waals surface area (Å²) in [7, 11) is 1.50. The number of aromatic amines is 1. The van der Waals surface area contributed by atoms with Crippen molar-refractivity contribution >= 4 is 11.0 Å². The van der Waals surface area contributed by atoms with Crippen molar-refractivity contribution in [2.45, 2.75) is 50.9 Å². The lowest BCUT2D eigenvalue weighted by molar-refractivity contribution is -0.0221. The van der Waals surface area contributed by atoms with Crippen LogP contribution in [0.15, 0.2) is 23.0 Å². The molecule has 0 radical (unpaired) electrons. The van der Waals surface area contributed by atoms with Crippen molar-refractivity contribution < 1.29 is 13.5 Å². The maximum atomic E-state index is 14.5. The van der Waals surface area contributed by atoms with Crippen LogP contribution < -0.4 is 10.3 Å². The second kappa shape index (κ2) is 6.87. The monoisotopic (exact) mass is 336 g/mol. The van der Waals surface area contributed by atoms with Gasteiger partial charge in [-0.25, -0.2) is 4.98 Å². The molecule has 3 rings (SSSR count). The van der Waals surface area contributed by atoms with Crippen LogP contribution in [0.2, 0.25) is 0 Å². The van der Waals surface area contributed by atoms with E-state index in [1.54, 1.807) is 18.2 Å². The normalized spacial score (nSPS) is 16.0. The Balaban J connectivity index is 1.78. The smallest absolute Gasteiger partial charge is 0.295 e. The summed E-state index contributed by atoms with van der Waals surface area (Å²) in [5, 5.41) is 0. The van der Waals surface area contributed by atoms with Crippen LogP contribution in [0.3, 0.4) is 0 Å². The van der Waals surface area contributed by atoms with Gasteiger partial charge in [0.15, 0.2) is 5.69 Å². The second-order valence-corrected chi connectivity index (χ2v) is 6.54. The first-order valence-electron chi connectivity index (χ1n) is 8.46. The molecule has 1 N–H and O–H groups in total. The average Bonchev–Trinajstić information content (AvgIpc) is 3.06. The highest BCUT2D eigenvalue weighted by Gasteiger charge is 2.36. The number of ether oxygens (including phenoxy) is 1. The summed E-state index contributed by atoms with van der Waals surface area (Å²) in [6.07, 6.45) is 5.58. The molecule has 24 heavy (non-hydrogen) atoms. The molecule has 2 aromatic rings. The van der Waals surface area contributed by atoms with Gasteiger partial charge in [-0.2, -0.15) is 8.78 Å². The number of methoxy groups -OCH3 is 1. The van der Waals surface area contributed by atoms with Crippen molar-refractivity contribution in [2.24, 2.45) is 5.92 Å². The van der Waals surface area contributed by atoms with Crippen molar-refractivity contribution in [3.8, 4) is 5.75 Å². The highest BCUT2D eigenvalue weighted by atomic mass is 19.3. The van der Waals surface area contributed by atoms with Crippen molar-refractivity contribution in [1.82, 2.24) is 9.97 Å². The highest BCUT2D eigenvalue weighted by Crippen LogP contribution is 2.34. The Labute approximate surface area is 139 Å². The van der Waals surface area contributed by atoms with Gasteiger partial charge in [0.2, 0.25) is 0 Å². The molecular formula is C18H22F2N2O2. The third kappa shape index (κ3) is 3.57. The number of nitrogens with one attached hydrogen (secondary N) is 1. The van der Waals surface area contributed by atoms with Crippen LogP contribution >= 0.6 is 0 Å². The Morgan fingerprint density at radius 3 is 2.79 bits per heavy atom. The Morgan fingerprint density at radius 2 is 2.08 bits per heavy atom. The number of aromatic nitrogens is 2. The van der Waals surface area contributed by atoms with Crippen LogP contribution in [0.25, 0.3) is 11.0 Å². The summed E-state index contributed by atoms with van der Waals surface area (Å²) in [5.74, 6) is -2.10. The van der Waals surface area contributed by atoms with Gasteiger partial charge in [-0.1, -0.05) is 32.1 Å². The van der Waals surface area contributed by atoms with E-state index < -0.39 is 17.2 Å². The molecule has 4 nitrogen and oxygen atoms in total. The highest BCUT2D eigenvalue weighted by molar-refractivity contribution is 5.75. The molecule has 130 valence electrons.